The summed E-state index contributed by atoms with van der Waals surface area (Å²) in [6.45, 7) is 1.83. The molecule has 0 saturated heterocycles. The van der Waals surface area contributed by atoms with E-state index in [1.54, 1.807) is 30.3 Å². The number of rotatable bonds is 4. The molecule has 0 fully saturated rings. The average molecular weight is 516 g/mol. The summed E-state index contributed by atoms with van der Waals surface area (Å²) < 4.78 is 17.1. The molecule has 0 atom stereocenters. The molecular formula is C28H15Cl2NO5. The van der Waals surface area contributed by atoms with Crippen LogP contribution in [0.25, 0.3) is 44.3 Å². The Bertz CT molecular complexity index is 1860. The highest BCUT2D eigenvalue weighted by atomic mass is 35.5. The number of carbonyl (C=O) groups excluding carboxylic acids is 1. The molecule has 6 nitrogen and oxygen atoms in total. The van der Waals surface area contributed by atoms with E-state index >= 15 is 0 Å². The summed E-state index contributed by atoms with van der Waals surface area (Å²) in [4.78, 5) is 25.9. The molecule has 0 amide bonds. The molecule has 0 radical (unpaired) electrons. The molecule has 6 aromatic rings. The van der Waals surface area contributed by atoms with Crippen LogP contribution >= 0.6 is 23.2 Å². The van der Waals surface area contributed by atoms with Gasteiger partial charge in [0.25, 0.3) is 5.78 Å². The molecule has 3 aromatic heterocycles. The molecule has 0 saturated carbocycles. The van der Waals surface area contributed by atoms with Gasteiger partial charge < -0.3 is 13.4 Å². The summed E-state index contributed by atoms with van der Waals surface area (Å²) in [5.74, 6) is -0.510. The Kier molecular flexibility index (Phi) is 5.29. The largest absolute Gasteiger partial charge is 0.452 e. The number of halogens is 2. The minimum Gasteiger partial charge on any atom is -0.452 e. The Hall–Kier alpha value is -4.13. The van der Waals surface area contributed by atoms with Gasteiger partial charge in [0.2, 0.25) is 5.76 Å². The Morgan fingerprint density at radius 2 is 1.72 bits per heavy atom. The molecule has 0 aliphatic carbocycles. The molecule has 0 aliphatic heterocycles. The van der Waals surface area contributed by atoms with Gasteiger partial charge in [0.05, 0.1) is 10.4 Å². The lowest BCUT2D eigenvalue weighted by Gasteiger charge is -2.04. The fourth-order valence-corrected chi connectivity index (χ4v) is 4.83. The SMILES string of the molecule is Cc1cc(=O)oc2c1ccc1oc(C(=O)c3cc(-c4ccc(Cl)cc4Cl)no3)c(-c3ccccc3)c12. The van der Waals surface area contributed by atoms with Crippen molar-refractivity contribution in [1.29, 1.82) is 0 Å². The second-order valence-electron chi connectivity index (χ2n) is 8.27. The molecule has 0 bridgehead atoms. The maximum Gasteiger partial charge on any atom is 0.336 e. The normalized spacial score (nSPS) is 11.4. The van der Waals surface area contributed by atoms with Crippen LogP contribution in [0.15, 0.2) is 90.9 Å². The first-order chi connectivity index (χ1) is 17.4. The maximum absolute atomic E-state index is 13.7. The first-order valence-electron chi connectivity index (χ1n) is 10.9. The minimum absolute atomic E-state index is 0.0332. The van der Waals surface area contributed by atoms with Gasteiger partial charge in [-0.2, -0.15) is 0 Å². The lowest BCUT2D eigenvalue weighted by atomic mass is 9.97. The first kappa shape index (κ1) is 22.3. The molecule has 176 valence electrons. The van der Waals surface area contributed by atoms with Crippen LogP contribution in [0.4, 0.5) is 0 Å². The summed E-state index contributed by atoms with van der Waals surface area (Å²) in [7, 11) is 0. The maximum atomic E-state index is 13.7. The van der Waals surface area contributed by atoms with Crippen molar-refractivity contribution in [2.24, 2.45) is 0 Å². The van der Waals surface area contributed by atoms with E-state index in [-0.39, 0.29) is 11.5 Å². The average Bonchev–Trinajstić information content (AvgIpc) is 3.50. The molecular weight excluding hydrogens is 501 g/mol. The van der Waals surface area contributed by atoms with Gasteiger partial charge in [-0.1, -0.05) is 58.7 Å². The molecule has 3 heterocycles. The summed E-state index contributed by atoms with van der Waals surface area (Å²) in [6, 6.07) is 20.7. The number of carbonyl (C=O) groups is 1. The van der Waals surface area contributed by atoms with Gasteiger partial charge in [-0.15, -0.1) is 0 Å². The van der Waals surface area contributed by atoms with Crippen LogP contribution in [-0.4, -0.2) is 10.9 Å². The summed E-state index contributed by atoms with van der Waals surface area (Å²) in [5, 5.41) is 6.16. The van der Waals surface area contributed by atoms with Gasteiger partial charge in [-0.05, 0) is 48.4 Å². The molecule has 3 aromatic carbocycles. The number of furan rings is 1. The monoisotopic (exact) mass is 515 g/mol. The lowest BCUT2D eigenvalue weighted by Crippen LogP contribution is -2.00. The lowest BCUT2D eigenvalue weighted by molar-refractivity contribution is 0.0977. The van der Waals surface area contributed by atoms with Gasteiger partial charge >= 0.3 is 5.63 Å². The highest BCUT2D eigenvalue weighted by molar-refractivity contribution is 6.36. The summed E-state index contributed by atoms with van der Waals surface area (Å²) in [6.07, 6.45) is 0. The third-order valence-electron chi connectivity index (χ3n) is 5.98. The molecule has 0 unspecified atom stereocenters. The first-order valence-corrected chi connectivity index (χ1v) is 11.7. The number of ketones is 1. The van der Waals surface area contributed by atoms with Crippen molar-refractivity contribution in [3.63, 3.8) is 0 Å². The van der Waals surface area contributed by atoms with Crippen LogP contribution in [0.3, 0.4) is 0 Å². The Balaban J connectivity index is 1.58. The van der Waals surface area contributed by atoms with E-state index < -0.39 is 11.4 Å². The summed E-state index contributed by atoms with van der Waals surface area (Å²) >= 11 is 12.3. The molecule has 0 aliphatic rings. The number of hydrogen-bond donors (Lipinski definition) is 0. The number of nitrogens with zero attached hydrogens (tertiary/aromatic N) is 1. The van der Waals surface area contributed by atoms with Crippen LogP contribution in [0, 0.1) is 6.92 Å². The zero-order valence-electron chi connectivity index (χ0n) is 18.7. The second kappa shape index (κ2) is 8.52. The molecule has 8 heteroatoms. The van der Waals surface area contributed by atoms with Gasteiger partial charge in [-0.3, -0.25) is 4.79 Å². The van der Waals surface area contributed by atoms with Crippen molar-refractivity contribution in [1.82, 2.24) is 5.16 Å². The molecule has 0 N–H and O–H groups in total. The molecule has 6 rings (SSSR count). The van der Waals surface area contributed by atoms with Crippen molar-refractivity contribution in [2.75, 3.05) is 0 Å². The predicted molar refractivity (Wildman–Crippen MR) is 138 cm³/mol. The Labute approximate surface area is 213 Å². The highest BCUT2D eigenvalue weighted by Gasteiger charge is 2.28. The Morgan fingerprint density at radius 1 is 0.917 bits per heavy atom. The van der Waals surface area contributed by atoms with Gasteiger partial charge in [0.1, 0.15) is 16.9 Å². The van der Waals surface area contributed by atoms with Gasteiger partial charge in [0, 0.05) is 33.7 Å². The van der Waals surface area contributed by atoms with Gasteiger partial charge in [0.15, 0.2) is 5.76 Å². The van der Waals surface area contributed by atoms with Crippen molar-refractivity contribution in [3.05, 3.63) is 110 Å². The molecule has 36 heavy (non-hydrogen) atoms. The predicted octanol–water partition coefficient (Wildman–Crippen LogP) is 7.71. The van der Waals surface area contributed by atoms with Crippen molar-refractivity contribution in [2.45, 2.75) is 6.92 Å². The van der Waals surface area contributed by atoms with Gasteiger partial charge in [-0.25, -0.2) is 4.79 Å². The topological polar surface area (TPSA) is 86.5 Å². The quantitative estimate of drug-likeness (QED) is 0.176. The van der Waals surface area contributed by atoms with Crippen LogP contribution in [0.2, 0.25) is 10.0 Å². The number of aryl methyl sites for hydroxylation is 1. The molecule has 0 spiro atoms. The zero-order chi connectivity index (χ0) is 25.0. The zero-order valence-corrected chi connectivity index (χ0v) is 20.2. The standard InChI is InChI=1S/C28H15Cl2NO5/c1-14-11-23(32)35-27-17(14)9-10-21-25(27)24(15-5-3-2-4-6-15)28(34-21)26(33)22-13-20(31-36-22)18-8-7-16(29)12-19(18)30/h2-13H,1H3. The fraction of sp³-hybridized carbons (Fsp3) is 0.0357. The van der Waals surface area contributed by atoms with Crippen molar-refractivity contribution < 1.29 is 18.2 Å². The number of benzene rings is 3. The van der Waals surface area contributed by atoms with E-state index in [1.165, 1.54) is 12.1 Å². The smallest absolute Gasteiger partial charge is 0.336 e. The second-order valence-corrected chi connectivity index (χ2v) is 9.11. The number of aromatic nitrogens is 1. The number of fused-ring (bicyclic) bond motifs is 3. The van der Waals surface area contributed by atoms with E-state index in [2.05, 4.69) is 5.16 Å². The fourth-order valence-electron chi connectivity index (χ4n) is 4.32. The van der Waals surface area contributed by atoms with E-state index in [9.17, 15) is 9.59 Å². The van der Waals surface area contributed by atoms with Crippen LogP contribution in [0.5, 0.6) is 0 Å². The van der Waals surface area contributed by atoms with Crippen molar-refractivity contribution in [3.8, 4) is 22.4 Å². The van der Waals surface area contributed by atoms with Crippen molar-refractivity contribution >= 4 is 50.9 Å². The van der Waals surface area contributed by atoms with Crippen LogP contribution in [-0.2, 0) is 0 Å². The van der Waals surface area contributed by atoms with Crippen LogP contribution in [0.1, 0.15) is 21.9 Å². The van der Waals surface area contributed by atoms with E-state index in [4.69, 9.17) is 36.6 Å². The third kappa shape index (κ3) is 3.63. The number of hydrogen-bond acceptors (Lipinski definition) is 6. The van der Waals surface area contributed by atoms with E-state index in [0.717, 1.165) is 16.5 Å². The van der Waals surface area contributed by atoms with Crippen LogP contribution < -0.4 is 5.63 Å². The highest BCUT2D eigenvalue weighted by Crippen LogP contribution is 2.40. The Morgan fingerprint density at radius 3 is 2.50 bits per heavy atom. The van der Waals surface area contributed by atoms with E-state index in [0.29, 0.717) is 43.4 Å². The third-order valence-corrected chi connectivity index (χ3v) is 6.53. The minimum atomic E-state index is -0.517. The summed E-state index contributed by atoms with van der Waals surface area (Å²) in [5.41, 5.74) is 3.19. The van der Waals surface area contributed by atoms with E-state index in [1.807, 2.05) is 37.3 Å².